The summed E-state index contributed by atoms with van der Waals surface area (Å²) in [6.45, 7) is 8.04. The number of guanidine groups is 1. The van der Waals surface area contributed by atoms with Gasteiger partial charge in [0.1, 0.15) is 0 Å². The Bertz CT molecular complexity index is 380. The Hall–Kier alpha value is -0.850. The minimum absolute atomic E-state index is 0.390. The third kappa shape index (κ3) is 8.23. The minimum Gasteiger partial charge on any atom is -0.381 e. The smallest absolute Gasteiger partial charge is 0.190 e. The summed E-state index contributed by atoms with van der Waals surface area (Å²) >= 11 is 0. The average Bonchev–Trinajstić information content (AvgIpc) is 3.36. The van der Waals surface area contributed by atoms with E-state index in [4.69, 9.17) is 14.2 Å². The van der Waals surface area contributed by atoms with E-state index in [1.807, 2.05) is 7.05 Å². The quantitative estimate of drug-likeness (QED) is 0.314. The molecule has 6 nitrogen and oxygen atoms in total. The van der Waals surface area contributed by atoms with Crippen molar-refractivity contribution in [1.29, 1.82) is 0 Å². The minimum atomic E-state index is 0.390. The topological polar surface area (TPSA) is 64.1 Å². The van der Waals surface area contributed by atoms with Gasteiger partial charge in [0.05, 0.1) is 19.3 Å². The van der Waals surface area contributed by atoms with Crippen LogP contribution >= 0.6 is 0 Å². The highest BCUT2D eigenvalue weighted by atomic mass is 16.5. The molecule has 6 heteroatoms. The number of hydrogen-bond acceptors (Lipinski definition) is 4. The molecule has 0 aromatic heterocycles. The molecule has 0 bridgehead atoms. The largest absolute Gasteiger partial charge is 0.381 e. The third-order valence-corrected chi connectivity index (χ3v) is 5.39. The molecule has 0 spiro atoms. The summed E-state index contributed by atoms with van der Waals surface area (Å²) in [7, 11) is 1.82. The molecule has 26 heavy (non-hydrogen) atoms. The lowest BCUT2D eigenvalue weighted by Crippen LogP contribution is -2.40. The van der Waals surface area contributed by atoms with Crippen LogP contribution in [0.1, 0.15) is 51.9 Å². The van der Waals surface area contributed by atoms with Gasteiger partial charge in [0.15, 0.2) is 5.96 Å². The van der Waals surface area contributed by atoms with E-state index < -0.39 is 0 Å². The number of ether oxygens (including phenoxy) is 3. The van der Waals surface area contributed by atoms with Gasteiger partial charge in [-0.3, -0.25) is 4.99 Å². The molecule has 2 aliphatic rings. The molecule has 0 aromatic carbocycles. The predicted molar refractivity (Wildman–Crippen MR) is 106 cm³/mol. The van der Waals surface area contributed by atoms with Crippen LogP contribution in [0, 0.1) is 11.8 Å². The fraction of sp³-hybridized carbons (Fsp3) is 0.950. The molecule has 2 N–H and O–H groups in total. The maximum Gasteiger partial charge on any atom is 0.190 e. The first kappa shape index (κ1) is 21.5. The second-order valence-corrected chi connectivity index (χ2v) is 7.41. The van der Waals surface area contributed by atoms with Crippen molar-refractivity contribution in [1.82, 2.24) is 10.6 Å². The first-order valence-corrected chi connectivity index (χ1v) is 10.5. The van der Waals surface area contributed by atoms with Crippen LogP contribution in [-0.2, 0) is 14.2 Å². The van der Waals surface area contributed by atoms with Gasteiger partial charge in [-0.2, -0.15) is 0 Å². The fourth-order valence-corrected chi connectivity index (χ4v) is 3.90. The fourth-order valence-electron chi connectivity index (χ4n) is 3.90. The Kier molecular flexibility index (Phi) is 11.0. The maximum absolute atomic E-state index is 5.98. The van der Waals surface area contributed by atoms with Crippen LogP contribution in [0.5, 0.6) is 0 Å². The first-order valence-electron chi connectivity index (χ1n) is 10.5. The number of nitrogens with zero attached hydrogens (tertiary/aromatic N) is 1. The van der Waals surface area contributed by atoms with E-state index in [9.17, 15) is 0 Å². The van der Waals surface area contributed by atoms with Crippen molar-refractivity contribution in [3.8, 4) is 0 Å². The summed E-state index contributed by atoms with van der Waals surface area (Å²) in [6, 6.07) is 0. The van der Waals surface area contributed by atoms with Crippen LogP contribution in [-0.4, -0.2) is 65.2 Å². The predicted octanol–water partition coefficient (Wildman–Crippen LogP) is 2.58. The van der Waals surface area contributed by atoms with E-state index in [1.54, 1.807) is 0 Å². The standard InChI is InChI=1S/C20H39N3O3/c1-3-26-19(18-7-4-5-8-18)9-12-23-20(21-2)22-11-6-13-24-15-17-10-14-25-16-17/h17-19H,3-16H2,1-2H3,(H2,21,22,23). The first-order chi connectivity index (χ1) is 12.8. The second-order valence-electron chi connectivity index (χ2n) is 7.41. The molecule has 0 amide bonds. The highest BCUT2D eigenvalue weighted by molar-refractivity contribution is 5.79. The molecular weight excluding hydrogens is 330 g/mol. The Morgan fingerprint density at radius 2 is 2.00 bits per heavy atom. The third-order valence-electron chi connectivity index (χ3n) is 5.39. The van der Waals surface area contributed by atoms with Crippen molar-refractivity contribution in [2.75, 3.05) is 53.2 Å². The average molecular weight is 370 g/mol. The molecule has 1 saturated heterocycles. The van der Waals surface area contributed by atoms with Gasteiger partial charge in [0.2, 0.25) is 0 Å². The number of rotatable bonds is 12. The van der Waals surface area contributed by atoms with Crippen molar-refractivity contribution >= 4 is 5.96 Å². The van der Waals surface area contributed by atoms with Crippen molar-refractivity contribution in [2.24, 2.45) is 16.8 Å². The van der Waals surface area contributed by atoms with E-state index in [2.05, 4.69) is 22.5 Å². The lowest BCUT2D eigenvalue weighted by Gasteiger charge is -2.24. The van der Waals surface area contributed by atoms with Gasteiger partial charge in [-0.25, -0.2) is 0 Å². The number of hydrogen-bond donors (Lipinski definition) is 2. The van der Waals surface area contributed by atoms with E-state index in [1.165, 1.54) is 25.7 Å². The maximum atomic E-state index is 5.98. The Morgan fingerprint density at radius 3 is 2.69 bits per heavy atom. The molecule has 1 heterocycles. The van der Waals surface area contributed by atoms with Crippen molar-refractivity contribution in [2.45, 2.75) is 58.0 Å². The van der Waals surface area contributed by atoms with Gasteiger partial charge in [0, 0.05) is 45.9 Å². The lowest BCUT2D eigenvalue weighted by atomic mass is 9.98. The van der Waals surface area contributed by atoms with E-state index in [-0.39, 0.29) is 0 Å². The van der Waals surface area contributed by atoms with Crippen LogP contribution in [0.3, 0.4) is 0 Å². The van der Waals surface area contributed by atoms with Gasteiger partial charge < -0.3 is 24.8 Å². The van der Waals surface area contributed by atoms with E-state index >= 15 is 0 Å². The molecule has 1 aliphatic heterocycles. The van der Waals surface area contributed by atoms with Gasteiger partial charge in [-0.15, -0.1) is 0 Å². The summed E-state index contributed by atoms with van der Waals surface area (Å²) in [5, 5.41) is 6.79. The zero-order valence-corrected chi connectivity index (χ0v) is 16.8. The van der Waals surface area contributed by atoms with Gasteiger partial charge >= 0.3 is 0 Å². The normalized spacial score (nSPS) is 22.7. The van der Waals surface area contributed by atoms with Crippen molar-refractivity contribution in [3.05, 3.63) is 0 Å². The Balaban J connectivity index is 1.51. The molecule has 2 atom stereocenters. The highest BCUT2D eigenvalue weighted by Crippen LogP contribution is 2.30. The summed E-state index contributed by atoms with van der Waals surface area (Å²) in [6.07, 6.45) is 8.93. The number of aliphatic imine (C=N–C) groups is 1. The Morgan fingerprint density at radius 1 is 1.19 bits per heavy atom. The van der Waals surface area contributed by atoms with Crippen LogP contribution in [0.4, 0.5) is 0 Å². The molecular formula is C20H39N3O3. The van der Waals surface area contributed by atoms with Crippen LogP contribution in [0.15, 0.2) is 4.99 Å². The van der Waals surface area contributed by atoms with Crippen LogP contribution in [0.25, 0.3) is 0 Å². The molecule has 2 unspecified atom stereocenters. The molecule has 152 valence electrons. The van der Waals surface area contributed by atoms with Crippen LogP contribution < -0.4 is 10.6 Å². The Labute approximate surface area is 159 Å². The van der Waals surface area contributed by atoms with E-state index in [0.29, 0.717) is 12.0 Å². The zero-order chi connectivity index (χ0) is 18.5. The van der Waals surface area contributed by atoms with Crippen LogP contribution in [0.2, 0.25) is 0 Å². The molecule has 2 rings (SSSR count). The number of nitrogens with one attached hydrogen (secondary N) is 2. The zero-order valence-electron chi connectivity index (χ0n) is 16.8. The van der Waals surface area contributed by atoms with Crippen molar-refractivity contribution in [3.63, 3.8) is 0 Å². The van der Waals surface area contributed by atoms with Crippen molar-refractivity contribution < 1.29 is 14.2 Å². The molecule has 2 fully saturated rings. The SMILES string of the molecule is CCOC(CCNC(=NC)NCCCOCC1CCOC1)C1CCCC1. The van der Waals surface area contributed by atoms with Gasteiger partial charge in [-0.1, -0.05) is 12.8 Å². The molecule has 0 aromatic rings. The van der Waals surface area contributed by atoms with E-state index in [0.717, 1.165) is 77.3 Å². The summed E-state index contributed by atoms with van der Waals surface area (Å²) in [5.74, 6) is 2.21. The monoisotopic (exact) mass is 369 g/mol. The van der Waals surface area contributed by atoms with Gasteiger partial charge in [-0.05, 0) is 44.9 Å². The molecule has 1 aliphatic carbocycles. The highest BCUT2D eigenvalue weighted by Gasteiger charge is 2.25. The molecule has 0 radical (unpaired) electrons. The summed E-state index contributed by atoms with van der Waals surface area (Å²) < 4.78 is 17.1. The second kappa shape index (κ2) is 13.3. The van der Waals surface area contributed by atoms with Gasteiger partial charge in [0.25, 0.3) is 0 Å². The lowest BCUT2D eigenvalue weighted by molar-refractivity contribution is 0.0169. The summed E-state index contributed by atoms with van der Waals surface area (Å²) in [4.78, 5) is 4.31. The summed E-state index contributed by atoms with van der Waals surface area (Å²) in [5.41, 5.74) is 0. The molecule has 1 saturated carbocycles.